The summed E-state index contributed by atoms with van der Waals surface area (Å²) >= 11 is 1.28. The summed E-state index contributed by atoms with van der Waals surface area (Å²) in [5, 5.41) is 9.06. The van der Waals surface area contributed by atoms with E-state index in [1.807, 2.05) is 0 Å². The summed E-state index contributed by atoms with van der Waals surface area (Å²) in [7, 11) is 2.30. The predicted molar refractivity (Wildman–Crippen MR) is 71.6 cm³/mol. The molecule has 21 heavy (non-hydrogen) atoms. The summed E-state index contributed by atoms with van der Waals surface area (Å²) in [6.45, 7) is -0.921. The van der Waals surface area contributed by atoms with E-state index in [1.165, 1.54) is 11.8 Å². The number of rotatable bonds is 5. The maximum absolute atomic E-state index is 12.3. The van der Waals surface area contributed by atoms with Gasteiger partial charge in [-0.2, -0.15) is 0 Å². The van der Waals surface area contributed by atoms with Gasteiger partial charge < -0.3 is 24.4 Å². The van der Waals surface area contributed by atoms with E-state index in [-0.39, 0.29) is 11.6 Å². The Bertz CT molecular complexity index is 424. The largest absolute Gasteiger partial charge is 0.480 e. The average molecular weight is 320 g/mol. The molecule has 1 unspecified atom stereocenters. The van der Waals surface area contributed by atoms with Crippen LogP contribution in [0.15, 0.2) is 0 Å². The fraction of sp³-hybridized carbons (Fsp3) is 0.636. The number of esters is 2. The number of methoxy groups -OCH3 is 2. The number of nitrogens with zero attached hydrogens (tertiary/aromatic N) is 2. The molecule has 1 N–H and O–H groups in total. The zero-order chi connectivity index (χ0) is 16.0. The van der Waals surface area contributed by atoms with Gasteiger partial charge in [-0.15, -0.1) is 11.8 Å². The topological polar surface area (TPSA) is 113 Å². The highest BCUT2D eigenvalue weighted by Gasteiger charge is 2.37. The predicted octanol–water partition coefficient (Wildman–Crippen LogP) is -0.786. The zero-order valence-corrected chi connectivity index (χ0v) is 12.4. The Balaban J connectivity index is 2.85. The van der Waals surface area contributed by atoms with Gasteiger partial charge in [-0.25, -0.2) is 9.59 Å². The number of thioether (sulfide) groups is 1. The van der Waals surface area contributed by atoms with Crippen LogP contribution in [0.5, 0.6) is 0 Å². The van der Waals surface area contributed by atoms with Gasteiger partial charge in [0.25, 0.3) is 0 Å². The van der Waals surface area contributed by atoms with Crippen molar-refractivity contribution in [2.24, 2.45) is 0 Å². The molecular formula is C11H16N2O7S. The highest BCUT2D eigenvalue weighted by Crippen LogP contribution is 2.22. The van der Waals surface area contributed by atoms with E-state index >= 15 is 0 Å². The van der Waals surface area contributed by atoms with Gasteiger partial charge in [0.15, 0.2) is 0 Å². The number of urea groups is 1. The van der Waals surface area contributed by atoms with E-state index in [0.29, 0.717) is 0 Å². The third-order valence-electron chi connectivity index (χ3n) is 2.78. The van der Waals surface area contributed by atoms with Crippen LogP contribution in [0.3, 0.4) is 0 Å². The summed E-state index contributed by atoms with van der Waals surface area (Å²) in [6.07, 6.45) is 0. The Labute approximate surface area is 125 Å². The number of amides is 2. The van der Waals surface area contributed by atoms with Crippen LogP contribution >= 0.6 is 11.8 Å². The lowest BCUT2D eigenvalue weighted by Crippen LogP contribution is -2.51. The van der Waals surface area contributed by atoms with Gasteiger partial charge in [0.05, 0.1) is 20.1 Å². The minimum Gasteiger partial charge on any atom is -0.480 e. The minimum atomic E-state index is -1.13. The highest BCUT2D eigenvalue weighted by atomic mass is 32.2. The average Bonchev–Trinajstić information content (AvgIpc) is 2.94. The number of hydrogen-bond acceptors (Lipinski definition) is 7. The number of carboxylic acid groups (broad SMARTS) is 1. The van der Waals surface area contributed by atoms with Gasteiger partial charge in [0.2, 0.25) is 0 Å². The summed E-state index contributed by atoms with van der Waals surface area (Å²) in [5.74, 6) is -2.14. The first-order valence-corrected chi connectivity index (χ1v) is 7.06. The summed E-state index contributed by atoms with van der Waals surface area (Å²) in [6, 6.07) is -1.71. The van der Waals surface area contributed by atoms with Crippen LogP contribution in [0, 0.1) is 0 Å². The van der Waals surface area contributed by atoms with Crippen LogP contribution in [0.1, 0.15) is 0 Å². The van der Waals surface area contributed by atoms with Crippen molar-refractivity contribution in [1.82, 2.24) is 9.80 Å². The van der Waals surface area contributed by atoms with Crippen LogP contribution in [0.4, 0.5) is 4.79 Å². The molecule has 0 aromatic carbocycles. The molecule has 0 aromatic heterocycles. The van der Waals surface area contributed by atoms with Gasteiger partial charge in [-0.3, -0.25) is 9.59 Å². The lowest BCUT2D eigenvalue weighted by Gasteiger charge is -2.28. The molecule has 1 saturated heterocycles. The van der Waals surface area contributed by atoms with E-state index < -0.39 is 43.1 Å². The maximum atomic E-state index is 12.3. The smallest absolute Gasteiger partial charge is 0.327 e. The number of carboxylic acids is 1. The first-order chi connectivity index (χ1) is 9.90. The second kappa shape index (κ2) is 7.72. The molecule has 0 radical (unpaired) electrons. The van der Waals surface area contributed by atoms with Crippen LogP contribution < -0.4 is 0 Å². The highest BCUT2D eigenvalue weighted by molar-refractivity contribution is 7.99. The third-order valence-corrected chi connectivity index (χ3v) is 3.79. The van der Waals surface area contributed by atoms with Crippen LogP contribution in [0.25, 0.3) is 0 Å². The fourth-order valence-electron chi connectivity index (χ4n) is 1.65. The zero-order valence-electron chi connectivity index (χ0n) is 11.6. The normalized spacial score (nSPS) is 17.2. The van der Waals surface area contributed by atoms with Crippen molar-refractivity contribution in [2.75, 3.05) is 38.9 Å². The fourth-order valence-corrected chi connectivity index (χ4v) is 2.79. The molecule has 1 atom stereocenters. The van der Waals surface area contributed by atoms with Crippen molar-refractivity contribution in [1.29, 1.82) is 0 Å². The molecule has 10 heteroatoms. The molecule has 2 amide bonds. The van der Waals surface area contributed by atoms with Crippen LogP contribution in [-0.2, 0) is 23.9 Å². The quantitative estimate of drug-likeness (QED) is 0.656. The van der Waals surface area contributed by atoms with Crippen molar-refractivity contribution in [3.63, 3.8) is 0 Å². The maximum Gasteiger partial charge on any atom is 0.327 e. The molecule has 1 fully saturated rings. The Kier molecular flexibility index (Phi) is 6.28. The van der Waals surface area contributed by atoms with Crippen molar-refractivity contribution < 1.29 is 33.8 Å². The molecule has 1 aliphatic heterocycles. The van der Waals surface area contributed by atoms with Gasteiger partial charge in [0.1, 0.15) is 19.1 Å². The molecule has 118 valence electrons. The van der Waals surface area contributed by atoms with E-state index in [9.17, 15) is 19.2 Å². The van der Waals surface area contributed by atoms with Crippen molar-refractivity contribution in [2.45, 2.75) is 6.04 Å². The van der Waals surface area contributed by atoms with Gasteiger partial charge >= 0.3 is 23.9 Å². The van der Waals surface area contributed by atoms with E-state index in [4.69, 9.17) is 5.11 Å². The summed E-state index contributed by atoms with van der Waals surface area (Å²) in [5.41, 5.74) is 0. The van der Waals surface area contributed by atoms with Crippen molar-refractivity contribution >= 4 is 35.7 Å². The number of carbonyl (C=O) groups is 4. The number of hydrogen-bond donors (Lipinski definition) is 1. The molecule has 1 aliphatic rings. The lowest BCUT2D eigenvalue weighted by atomic mass is 10.3. The molecular weight excluding hydrogens is 304 g/mol. The molecule has 0 aliphatic carbocycles. The standard InChI is InChI=1S/C11H16N2O7S/c1-19-8(14)3-12(4-9(15)20-2)11(18)13-6-21-5-7(13)10(16)17/h7H,3-6H2,1-2H3,(H,16,17). The van der Waals surface area contributed by atoms with E-state index in [2.05, 4.69) is 9.47 Å². The second-order valence-corrected chi connectivity index (χ2v) is 5.11. The first kappa shape index (κ1) is 17.1. The molecule has 1 heterocycles. The van der Waals surface area contributed by atoms with Crippen LogP contribution in [0.2, 0.25) is 0 Å². The van der Waals surface area contributed by atoms with Gasteiger partial charge in [-0.05, 0) is 0 Å². The molecule has 9 nitrogen and oxygen atoms in total. The van der Waals surface area contributed by atoms with Gasteiger partial charge in [0, 0.05) is 5.75 Å². The van der Waals surface area contributed by atoms with E-state index in [1.54, 1.807) is 0 Å². The first-order valence-electron chi connectivity index (χ1n) is 5.90. The summed E-state index contributed by atoms with van der Waals surface area (Å²) in [4.78, 5) is 48.0. The third kappa shape index (κ3) is 4.52. The number of aliphatic carboxylic acids is 1. The minimum absolute atomic E-state index is 0.175. The molecule has 0 spiro atoms. The van der Waals surface area contributed by atoms with Crippen molar-refractivity contribution in [3.05, 3.63) is 0 Å². The lowest BCUT2D eigenvalue weighted by molar-refractivity contribution is -0.144. The number of ether oxygens (including phenoxy) is 2. The Morgan fingerprint density at radius 1 is 1.19 bits per heavy atom. The Morgan fingerprint density at radius 3 is 2.14 bits per heavy atom. The SMILES string of the molecule is COC(=O)CN(CC(=O)OC)C(=O)N1CSCC1C(=O)O. The molecule has 1 rings (SSSR count). The number of carbonyl (C=O) groups excluding carboxylic acids is 3. The Hall–Kier alpha value is -1.97. The van der Waals surface area contributed by atoms with E-state index in [0.717, 1.165) is 24.0 Å². The molecule has 0 aromatic rings. The molecule has 0 bridgehead atoms. The molecule has 0 saturated carbocycles. The van der Waals surface area contributed by atoms with Crippen LogP contribution in [-0.4, -0.2) is 83.8 Å². The Morgan fingerprint density at radius 2 is 1.71 bits per heavy atom. The monoisotopic (exact) mass is 320 g/mol. The van der Waals surface area contributed by atoms with Gasteiger partial charge in [-0.1, -0.05) is 0 Å². The second-order valence-electron chi connectivity index (χ2n) is 4.11. The van der Waals surface area contributed by atoms with Crippen molar-refractivity contribution in [3.8, 4) is 0 Å². The summed E-state index contributed by atoms with van der Waals surface area (Å²) < 4.78 is 8.92.